The summed E-state index contributed by atoms with van der Waals surface area (Å²) in [5.41, 5.74) is 5.14. The van der Waals surface area contributed by atoms with Gasteiger partial charge < -0.3 is 15.6 Å². The van der Waals surface area contributed by atoms with Gasteiger partial charge in [0.15, 0.2) is 0 Å². The molecule has 0 fully saturated rings. The molecule has 0 aliphatic carbocycles. The van der Waals surface area contributed by atoms with Gasteiger partial charge in [-0.3, -0.25) is 4.79 Å². The van der Waals surface area contributed by atoms with Crippen LogP contribution in [0.3, 0.4) is 0 Å². The first-order valence-electron chi connectivity index (χ1n) is 3.14. The Morgan fingerprint density at radius 3 is 2.50 bits per heavy atom. The molecule has 1 unspecified atom stereocenters. The molecule has 0 saturated heterocycles. The van der Waals surface area contributed by atoms with Gasteiger partial charge in [0.05, 0.1) is 12.7 Å². The van der Waals surface area contributed by atoms with Crippen molar-refractivity contribution in [3.8, 4) is 0 Å². The van der Waals surface area contributed by atoms with E-state index < -0.39 is 12.0 Å². The van der Waals surface area contributed by atoms with Crippen molar-refractivity contribution in [1.82, 2.24) is 0 Å². The van der Waals surface area contributed by atoms with E-state index in [4.69, 9.17) is 15.6 Å². The fraction of sp³-hybridized carbons (Fsp3) is 0.833. The summed E-state index contributed by atoms with van der Waals surface area (Å²) in [6, 6.07) is -0.901. The zero-order valence-corrected chi connectivity index (χ0v) is 6.20. The number of aliphatic carboxylic acids is 1. The predicted molar refractivity (Wildman–Crippen MR) is 36.7 cm³/mol. The van der Waals surface area contributed by atoms with Crippen molar-refractivity contribution in [3.05, 3.63) is 0 Å². The molecule has 0 rings (SSSR count). The van der Waals surface area contributed by atoms with E-state index in [9.17, 15) is 4.79 Å². The first kappa shape index (κ1) is 9.39. The van der Waals surface area contributed by atoms with Crippen LogP contribution >= 0.6 is 0 Å². The molecule has 0 radical (unpaired) electrons. The predicted octanol–water partition coefficient (Wildman–Crippen LogP) is -0.177. The van der Waals surface area contributed by atoms with Crippen LogP contribution in [-0.4, -0.2) is 29.8 Å². The largest absolute Gasteiger partial charge is 0.480 e. The van der Waals surface area contributed by atoms with Crippen molar-refractivity contribution in [3.63, 3.8) is 0 Å². The smallest absolute Gasteiger partial charge is 0.322 e. The molecule has 0 aliphatic heterocycles. The average molecular weight is 147 g/mol. The van der Waals surface area contributed by atoms with E-state index in [1.54, 1.807) is 0 Å². The monoisotopic (exact) mass is 147 g/mol. The van der Waals surface area contributed by atoms with E-state index in [0.29, 0.717) is 0 Å². The number of rotatable bonds is 4. The van der Waals surface area contributed by atoms with Gasteiger partial charge in [-0.2, -0.15) is 0 Å². The maximum absolute atomic E-state index is 10.1. The van der Waals surface area contributed by atoms with Crippen molar-refractivity contribution >= 4 is 5.97 Å². The van der Waals surface area contributed by atoms with Crippen LogP contribution in [0, 0.1) is 0 Å². The number of ether oxygens (including phenoxy) is 1. The van der Waals surface area contributed by atoms with Crippen LogP contribution in [0.15, 0.2) is 0 Å². The van der Waals surface area contributed by atoms with Gasteiger partial charge in [0.2, 0.25) is 0 Å². The van der Waals surface area contributed by atoms with Gasteiger partial charge in [-0.1, -0.05) is 0 Å². The van der Waals surface area contributed by atoms with E-state index in [0.717, 1.165) is 0 Å². The number of carbonyl (C=O) groups is 1. The van der Waals surface area contributed by atoms with Crippen LogP contribution in [0.4, 0.5) is 0 Å². The Bertz CT molecular complexity index is 114. The third-order valence-corrected chi connectivity index (χ3v) is 0.926. The molecule has 0 spiro atoms. The molecule has 3 N–H and O–H groups in total. The van der Waals surface area contributed by atoms with Gasteiger partial charge in [0.1, 0.15) is 6.04 Å². The SMILES string of the molecule is CC(C)OCC(N)C(=O)O. The Morgan fingerprint density at radius 1 is 1.70 bits per heavy atom. The Hall–Kier alpha value is -0.610. The van der Waals surface area contributed by atoms with Crippen LogP contribution in [0.1, 0.15) is 13.8 Å². The van der Waals surface area contributed by atoms with Crippen LogP contribution in [0.5, 0.6) is 0 Å². The van der Waals surface area contributed by atoms with Crippen molar-refractivity contribution < 1.29 is 14.6 Å². The average Bonchev–Trinajstić information content (AvgIpc) is 1.82. The Morgan fingerprint density at radius 2 is 2.20 bits per heavy atom. The molecule has 60 valence electrons. The van der Waals surface area contributed by atoms with E-state index in [1.165, 1.54) is 0 Å². The lowest BCUT2D eigenvalue weighted by Crippen LogP contribution is -2.35. The number of carboxylic acid groups (broad SMARTS) is 1. The topological polar surface area (TPSA) is 72.5 Å². The molecule has 0 aromatic heterocycles. The van der Waals surface area contributed by atoms with Gasteiger partial charge in [-0.25, -0.2) is 0 Å². The van der Waals surface area contributed by atoms with Crippen molar-refractivity contribution in [2.75, 3.05) is 6.61 Å². The van der Waals surface area contributed by atoms with Gasteiger partial charge in [0.25, 0.3) is 0 Å². The molecule has 4 heteroatoms. The highest BCUT2D eigenvalue weighted by atomic mass is 16.5. The highest BCUT2D eigenvalue weighted by Crippen LogP contribution is 1.89. The van der Waals surface area contributed by atoms with Gasteiger partial charge in [-0.05, 0) is 13.8 Å². The van der Waals surface area contributed by atoms with E-state index in [2.05, 4.69) is 0 Å². The minimum atomic E-state index is -1.03. The second-order valence-corrected chi connectivity index (χ2v) is 2.33. The molecular weight excluding hydrogens is 134 g/mol. The molecule has 0 bridgehead atoms. The summed E-state index contributed by atoms with van der Waals surface area (Å²) in [5, 5.41) is 8.29. The zero-order chi connectivity index (χ0) is 8.15. The molecule has 0 saturated carbocycles. The first-order valence-corrected chi connectivity index (χ1v) is 3.14. The van der Waals surface area contributed by atoms with Crippen LogP contribution < -0.4 is 5.73 Å². The summed E-state index contributed by atoms with van der Waals surface area (Å²) in [4.78, 5) is 10.1. The highest BCUT2D eigenvalue weighted by Gasteiger charge is 2.11. The Kier molecular flexibility index (Phi) is 3.99. The second-order valence-electron chi connectivity index (χ2n) is 2.33. The van der Waals surface area contributed by atoms with Gasteiger partial charge in [-0.15, -0.1) is 0 Å². The summed E-state index contributed by atoms with van der Waals surface area (Å²) in [6.07, 6.45) is 0.0328. The van der Waals surface area contributed by atoms with Crippen LogP contribution in [0.2, 0.25) is 0 Å². The van der Waals surface area contributed by atoms with E-state index in [-0.39, 0.29) is 12.7 Å². The molecule has 10 heavy (non-hydrogen) atoms. The summed E-state index contributed by atoms with van der Waals surface area (Å²) < 4.78 is 4.96. The van der Waals surface area contributed by atoms with Crippen molar-refractivity contribution in [2.24, 2.45) is 5.73 Å². The number of hydrogen-bond donors (Lipinski definition) is 2. The normalized spacial score (nSPS) is 13.6. The van der Waals surface area contributed by atoms with Gasteiger partial charge >= 0.3 is 5.97 Å². The maximum atomic E-state index is 10.1. The molecule has 0 aromatic carbocycles. The second kappa shape index (κ2) is 4.24. The third-order valence-electron chi connectivity index (χ3n) is 0.926. The molecular formula is C6H13NO3. The number of carboxylic acids is 1. The summed E-state index contributed by atoms with van der Waals surface area (Å²) >= 11 is 0. The molecule has 0 heterocycles. The molecule has 4 nitrogen and oxygen atoms in total. The minimum absolute atomic E-state index is 0.0328. The zero-order valence-electron chi connectivity index (χ0n) is 6.20. The summed E-state index contributed by atoms with van der Waals surface area (Å²) in [5.74, 6) is -1.03. The number of hydrogen-bond acceptors (Lipinski definition) is 3. The standard InChI is InChI=1S/C6H13NO3/c1-4(2)10-3-5(7)6(8)9/h4-5H,3,7H2,1-2H3,(H,8,9). The molecule has 0 aliphatic rings. The fourth-order valence-corrected chi connectivity index (χ4v) is 0.367. The molecule has 1 atom stereocenters. The lowest BCUT2D eigenvalue weighted by Gasteiger charge is -2.09. The minimum Gasteiger partial charge on any atom is -0.480 e. The summed E-state index contributed by atoms with van der Waals surface area (Å²) in [6.45, 7) is 3.73. The lowest BCUT2D eigenvalue weighted by atomic mass is 10.3. The van der Waals surface area contributed by atoms with Crippen LogP contribution in [-0.2, 0) is 9.53 Å². The van der Waals surface area contributed by atoms with Crippen LogP contribution in [0.25, 0.3) is 0 Å². The quantitative estimate of drug-likeness (QED) is 0.578. The molecule has 0 aromatic rings. The Labute approximate surface area is 60.0 Å². The van der Waals surface area contributed by atoms with Gasteiger partial charge in [0, 0.05) is 0 Å². The highest BCUT2D eigenvalue weighted by molar-refractivity contribution is 5.73. The maximum Gasteiger partial charge on any atom is 0.322 e. The lowest BCUT2D eigenvalue weighted by molar-refractivity contribution is -0.140. The van der Waals surface area contributed by atoms with Crippen molar-refractivity contribution in [1.29, 1.82) is 0 Å². The van der Waals surface area contributed by atoms with Crippen molar-refractivity contribution in [2.45, 2.75) is 26.0 Å². The van der Waals surface area contributed by atoms with E-state index >= 15 is 0 Å². The summed E-state index contributed by atoms with van der Waals surface area (Å²) in [7, 11) is 0. The third kappa shape index (κ3) is 4.29. The molecule has 0 amide bonds. The fourth-order valence-electron chi connectivity index (χ4n) is 0.367. The van der Waals surface area contributed by atoms with E-state index in [1.807, 2.05) is 13.8 Å². The Balaban J connectivity index is 3.40. The number of nitrogens with two attached hydrogens (primary N) is 1. The first-order chi connectivity index (χ1) is 4.54.